The number of aryl methyl sites for hydroxylation is 2. The first-order valence-electron chi connectivity index (χ1n) is 12.7. The molecule has 0 N–H and O–H groups in total. The number of carbonyl (C=O) groups is 1. The first-order valence-corrected chi connectivity index (χ1v) is 13.6. The van der Waals surface area contributed by atoms with E-state index in [0.717, 1.165) is 16.7 Å². The third-order valence-corrected chi connectivity index (χ3v) is 7.70. The molecule has 7 nitrogen and oxygen atoms in total. The summed E-state index contributed by atoms with van der Waals surface area (Å²) in [7, 11) is 0. The van der Waals surface area contributed by atoms with Crippen LogP contribution in [-0.2, 0) is 6.61 Å². The molecule has 0 fully saturated rings. The van der Waals surface area contributed by atoms with Crippen LogP contribution in [0.5, 0.6) is 11.5 Å². The van der Waals surface area contributed by atoms with E-state index in [1.54, 1.807) is 11.6 Å². The monoisotopic (exact) mass is 538 g/mol. The predicted molar refractivity (Wildman–Crippen MR) is 151 cm³/mol. The summed E-state index contributed by atoms with van der Waals surface area (Å²) in [6.07, 6.45) is 1.64. The molecule has 5 aromatic rings. The zero-order valence-electron chi connectivity index (χ0n) is 21.8. The van der Waals surface area contributed by atoms with E-state index in [4.69, 9.17) is 13.9 Å². The molecule has 0 radical (unpaired) electrons. The minimum absolute atomic E-state index is 0.0401. The highest BCUT2D eigenvalue weighted by Gasteiger charge is 2.45. The number of benzene rings is 3. The average molecular weight is 539 g/mol. The van der Waals surface area contributed by atoms with Gasteiger partial charge in [0.15, 0.2) is 22.1 Å². The summed E-state index contributed by atoms with van der Waals surface area (Å²) >= 11 is 1.33. The maximum absolute atomic E-state index is 14.0. The van der Waals surface area contributed by atoms with E-state index in [0.29, 0.717) is 51.9 Å². The van der Waals surface area contributed by atoms with E-state index in [-0.39, 0.29) is 11.2 Å². The summed E-state index contributed by atoms with van der Waals surface area (Å²) in [5.41, 5.74) is 4.16. The molecule has 196 valence electrons. The summed E-state index contributed by atoms with van der Waals surface area (Å²) in [6, 6.07) is 18.3. The predicted octanol–water partition coefficient (Wildman–Crippen LogP) is 6.59. The second-order valence-electron chi connectivity index (χ2n) is 9.41. The summed E-state index contributed by atoms with van der Waals surface area (Å²) in [5, 5.41) is 2.73. The number of anilines is 1. The Kier molecular flexibility index (Phi) is 6.40. The lowest BCUT2D eigenvalue weighted by molar-refractivity contribution is 0.0971. The van der Waals surface area contributed by atoms with Crippen LogP contribution in [0.25, 0.3) is 11.0 Å². The summed E-state index contributed by atoms with van der Waals surface area (Å²) < 4.78 is 18.2. The minimum Gasteiger partial charge on any atom is -0.490 e. The van der Waals surface area contributed by atoms with Crippen molar-refractivity contribution in [2.24, 2.45) is 0 Å². The second kappa shape index (κ2) is 10.0. The molecule has 39 heavy (non-hydrogen) atoms. The first kappa shape index (κ1) is 24.9. The van der Waals surface area contributed by atoms with Gasteiger partial charge < -0.3 is 13.9 Å². The SMILES string of the molecule is CCOc1cc(C2c3c(oc4cc(C)c(C)cc4c3=O)C(=O)N2c2nccs2)ccc1OCc1ccccc1. The van der Waals surface area contributed by atoms with Crippen molar-refractivity contribution in [1.82, 2.24) is 4.98 Å². The standard InChI is InChI=1S/C31H26N2O5S/c1-4-36-25-16-21(10-11-23(25)37-17-20-8-6-5-7-9-20)27-26-28(34)22-14-18(2)19(3)15-24(22)38-29(26)30(35)33(27)31-32-12-13-39-31/h5-16,27H,4,17H2,1-3H3. The fourth-order valence-corrected chi connectivity index (χ4v) is 5.56. The fraction of sp³-hybridized carbons (Fsp3) is 0.194. The van der Waals surface area contributed by atoms with Gasteiger partial charge in [-0.3, -0.25) is 14.5 Å². The average Bonchev–Trinajstić information content (AvgIpc) is 3.57. The summed E-state index contributed by atoms with van der Waals surface area (Å²) in [4.78, 5) is 33.7. The van der Waals surface area contributed by atoms with Gasteiger partial charge in [-0.2, -0.15) is 0 Å². The van der Waals surface area contributed by atoms with Crippen LogP contribution < -0.4 is 19.8 Å². The molecule has 0 saturated heterocycles. The van der Waals surface area contributed by atoms with E-state index in [2.05, 4.69) is 4.98 Å². The Morgan fingerprint density at radius 1 is 0.974 bits per heavy atom. The maximum Gasteiger partial charge on any atom is 0.297 e. The number of carbonyl (C=O) groups excluding carboxylic acids is 1. The van der Waals surface area contributed by atoms with Gasteiger partial charge >= 0.3 is 0 Å². The number of aromatic nitrogens is 1. The first-order chi connectivity index (χ1) is 19.0. The van der Waals surface area contributed by atoms with Crippen LogP contribution >= 0.6 is 11.3 Å². The van der Waals surface area contributed by atoms with Crippen molar-refractivity contribution in [3.05, 3.63) is 116 Å². The van der Waals surface area contributed by atoms with Crippen molar-refractivity contribution in [2.45, 2.75) is 33.4 Å². The molecule has 0 bridgehead atoms. The molecule has 1 atom stereocenters. The second-order valence-corrected chi connectivity index (χ2v) is 10.3. The van der Waals surface area contributed by atoms with E-state index in [1.807, 2.05) is 81.4 Å². The van der Waals surface area contributed by atoms with Gasteiger partial charge in [0.05, 0.1) is 23.6 Å². The molecule has 0 spiro atoms. The Balaban J connectivity index is 1.49. The van der Waals surface area contributed by atoms with Crippen LogP contribution in [-0.4, -0.2) is 17.5 Å². The largest absolute Gasteiger partial charge is 0.490 e. The third-order valence-electron chi connectivity index (χ3n) is 6.93. The molecule has 1 amide bonds. The van der Waals surface area contributed by atoms with Crippen molar-refractivity contribution in [3.63, 3.8) is 0 Å². The van der Waals surface area contributed by atoms with Gasteiger partial charge in [-0.15, -0.1) is 11.3 Å². The summed E-state index contributed by atoms with van der Waals surface area (Å²) in [5.74, 6) is 0.747. The number of thiazole rings is 1. The molecule has 6 rings (SSSR count). The lowest BCUT2D eigenvalue weighted by atomic mass is 9.97. The van der Waals surface area contributed by atoms with Crippen molar-refractivity contribution in [1.29, 1.82) is 0 Å². The lowest BCUT2D eigenvalue weighted by Gasteiger charge is -2.23. The van der Waals surface area contributed by atoms with Crippen LogP contribution in [0.2, 0.25) is 0 Å². The number of hydrogen-bond donors (Lipinski definition) is 0. The van der Waals surface area contributed by atoms with Crippen LogP contribution in [0.3, 0.4) is 0 Å². The van der Waals surface area contributed by atoms with Crippen LogP contribution in [0.4, 0.5) is 5.13 Å². The highest BCUT2D eigenvalue weighted by atomic mass is 32.1. The van der Waals surface area contributed by atoms with Crippen LogP contribution in [0, 0.1) is 13.8 Å². The van der Waals surface area contributed by atoms with Gasteiger partial charge in [0.2, 0.25) is 5.76 Å². The number of rotatable bonds is 7. The fourth-order valence-electron chi connectivity index (χ4n) is 4.89. The number of amides is 1. The third kappa shape index (κ3) is 4.36. The Bertz CT molecular complexity index is 1750. The quantitative estimate of drug-likeness (QED) is 0.232. The molecule has 1 aliphatic heterocycles. The zero-order chi connectivity index (χ0) is 27.1. The van der Waals surface area contributed by atoms with E-state index >= 15 is 0 Å². The zero-order valence-corrected chi connectivity index (χ0v) is 22.6. The Morgan fingerprint density at radius 3 is 2.51 bits per heavy atom. The smallest absolute Gasteiger partial charge is 0.297 e. The van der Waals surface area contributed by atoms with Gasteiger partial charge in [-0.25, -0.2) is 4.98 Å². The Hall–Kier alpha value is -4.43. The number of hydrogen-bond acceptors (Lipinski definition) is 7. The normalized spacial score (nSPS) is 14.6. The van der Waals surface area contributed by atoms with Crippen molar-refractivity contribution in [2.75, 3.05) is 11.5 Å². The maximum atomic E-state index is 14.0. The minimum atomic E-state index is -0.733. The number of nitrogens with zero attached hydrogens (tertiary/aromatic N) is 2. The lowest BCUT2D eigenvalue weighted by Crippen LogP contribution is -2.29. The molecule has 8 heteroatoms. The van der Waals surface area contributed by atoms with E-state index in [9.17, 15) is 9.59 Å². The van der Waals surface area contributed by atoms with E-state index < -0.39 is 11.9 Å². The Morgan fingerprint density at radius 2 is 1.77 bits per heavy atom. The molecule has 0 saturated carbocycles. The van der Waals surface area contributed by atoms with Crippen molar-refractivity contribution in [3.8, 4) is 11.5 Å². The van der Waals surface area contributed by atoms with Crippen LogP contribution in [0.15, 0.2) is 81.5 Å². The van der Waals surface area contributed by atoms with Gasteiger partial charge in [0, 0.05) is 11.6 Å². The molecule has 3 heterocycles. The molecule has 3 aromatic carbocycles. The molecular weight excluding hydrogens is 512 g/mol. The van der Waals surface area contributed by atoms with Gasteiger partial charge in [0.1, 0.15) is 12.2 Å². The molecule has 0 aliphatic carbocycles. The highest BCUT2D eigenvalue weighted by Crippen LogP contribution is 2.44. The number of fused-ring (bicyclic) bond motifs is 2. The molecule has 1 unspecified atom stereocenters. The highest BCUT2D eigenvalue weighted by molar-refractivity contribution is 7.13. The number of ether oxygens (including phenoxy) is 2. The molecular formula is C31H26N2O5S. The van der Waals surface area contributed by atoms with Crippen molar-refractivity contribution >= 4 is 33.3 Å². The van der Waals surface area contributed by atoms with Gasteiger partial charge in [0.25, 0.3) is 5.91 Å². The van der Waals surface area contributed by atoms with Crippen molar-refractivity contribution < 1.29 is 18.7 Å². The summed E-state index contributed by atoms with van der Waals surface area (Å²) in [6.45, 7) is 6.60. The Labute approximate surface area is 229 Å². The molecule has 1 aliphatic rings. The van der Waals surface area contributed by atoms with Gasteiger partial charge in [-0.05, 0) is 67.3 Å². The molecule has 2 aromatic heterocycles. The topological polar surface area (TPSA) is 81.9 Å². The van der Waals surface area contributed by atoms with Crippen LogP contribution in [0.1, 0.15) is 51.3 Å². The van der Waals surface area contributed by atoms with E-state index in [1.165, 1.54) is 16.2 Å². The van der Waals surface area contributed by atoms with Gasteiger partial charge in [-0.1, -0.05) is 36.4 Å².